The molecule has 130 valence electrons. The first-order valence-corrected chi connectivity index (χ1v) is 6.33. The van der Waals surface area contributed by atoms with Crippen LogP contribution in [0.3, 0.4) is 0 Å². The van der Waals surface area contributed by atoms with Crippen molar-refractivity contribution >= 4 is 0 Å². The summed E-state index contributed by atoms with van der Waals surface area (Å²) in [5, 5.41) is 0. The lowest BCUT2D eigenvalue weighted by molar-refractivity contribution is -0.137. The Morgan fingerprint density at radius 3 is 1.92 bits per heavy atom. The molecule has 0 heterocycles. The van der Waals surface area contributed by atoms with Crippen molar-refractivity contribution in [2.45, 2.75) is 19.0 Å². The molecule has 0 saturated carbocycles. The van der Waals surface area contributed by atoms with Crippen LogP contribution in [0, 0.1) is 0 Å². The van der Waals surface area contributed by atoms with Crippen molar-refractivity contribution in [3.05, 3.63) is 53.6 Å². The first-order chi connectivity index (χ1) is 11.0. The largest absolute Gasteiger partial charge is 0.434 e. The number of halogens is 8. The summed E-state index contributed by atoms with van der Waals surface area (Å²) in [5.74, 6) is -0.783. The van der Waals surface area contributed by atoms with Gasteiger partial charge in [0.2, 0.25) is 0 Å². The summed E-state index contributed by atoms with van der Waals surface area (Å²) in [6.45, 7) is -3.40. The van der Waals surface area contributed by atoms with E-state index in [1.54, 1.807) is 0 Å². The molecular weight excluding hydrogens is 348 g/mol. The lowest BCUT2D eigenvalue weighted by Gasteiger charge is -2.17. The molecule has 0 aliphatic heterocycles. The van der Waals surface area contributed by atoms with Crippen LogP contribution in [0.2, 0.25) is 0 Å². The SMILES string of the molecule is FC(F)Oc1ccc(C(F)(F)F)cc1-c1ccccc1C(F)(F)F. The minimum atomic E-state index is -4.88. The van der Waals surface area contributed by atoms with Crippen LogP contribution in [0.4, 0.5) is 35.1 Å². The van der Waals surface area contributed by atoms with Gasteiger partial charge in [0.05, 0.1) is 11.1 Å². The van der Waals surface area contributed by atoms with Gasteiger partial charge in [0.25, 0.3) is 0 Å². The van der Waals surface area contributed by atoms with Crippen molar-refractivity contribution in [1.82, 2.24) is 0 Å². The number of alkyl halides is 8. The van der Waals surface area contributed by atoms with Gasteiger partial charge in [-0.3, -0.25) is 0 Å². The Morgan fingerprint density at radius 1 is 0.750 bits per heavy atom. The maximum atomic E-state index is 13.1. The minimum Gasteiger partial charge on any atom is -0.434 e. The molecule has 2 aromatic carbocycles. The normalized spacial score (nSPS) is 12.5. The molecule has 0 unspecified atom stereocenters. The predicted octanol–water partition coefficient (Wildman–Crippen LogP) is 5.99. The van der Waals surface area contributed by atoms with Crippen LogP contribution in [0.15, 0.2) is 42.5 Å². The van der Waals surface area contributed by atoms with Gasteiger partial charge < -0.3 is 4.74 Å². The van der Waals surface area contributed by atoms with Gasteiger partial charge in [0, 0.05) is 5.56 Å². The Bertz CT molecular complexity index is 718. The molecule has 2 rings (SSSR count). The van der Waals surface area contributed by atoms with Crippen molar-refractivity contribution < 1.29 is 39.9 Å². The van der Waals surface area contributed by atoms with Crippen molar-refractivity contribution in [3.63, 3.8) is 0 Å². The smallest absolute Gasteiger partial charge is 0.417 e. The molecule has 1 nitrogen and oxygen atoms in total. The lowest BCUT2D eigenvalue weighted by Crippen LogP contribution is -2.10. The predicted molar refractivity (Wildman–Crippen MR) is 68.5 cm³/mol. The summed E-state index contributed by atoms with van der Waals surface area (Å²) in [5.41, 5.74) is -3.95. The molecule has 24 heavy (non-hydrogen) atoms. The lowest BCUT2D eigenvalue weighted by atomic mass is 9.96. The quantitative estimate of drug-likeness (QED) is 0.614. The van der Waals surface area contributed by atoms with E-state index in [2.05, 4.69) is 4.74 Å². The zero-order chi connectivity index (χ0) is 18.1. The summed E-state index contributed by atoms with van der Waals surface area (Å²) in [6.07, 6.45) is -9.74. The van der Waals surface area contributed by atoms with Crippen LogP contribution in [-0.2, 0) is 12.4 Å². The second kappa shape index (κ2) is 6.29. The van der Waals surface area contributed by atoms with Gasteiger partial charge in [-0.25, -0.2) is 0 Å². The highest BCUT2D eigenvalue weighted by Crippen LogP contribution is 2.43. The van der Waals surface area contributed by atoms with Gasteiger partial charge >= 0.3 is 19.0 Å². The zero-order valence-corrected chi connectivity index (χ0v) is 11.6. The summed E-state index contributed by atoms with van der Waals surface area (Å²) in [4.78, 5) is 0. The highest BCUT2D eigenvalue weighted by molar-refractivity contribution is 5.74. The maximum Gasteiger partial charge on any atom is 0.417 e. The fourth-order valence-corrected chi connectivity index (χ4v) is 2.08. The van der Waals surface area contributed by atoms with Crippen LogP contribution < -0.4 is 4.74 Å². The molecule has 0 fully saturated rings. The first-order valence-electron chi connectivity index (χ1n) is 6.33. The van der Waals surface area contributed by atoms with Gasteiger partial charge in [-0.2, -0.15) is 35.1 Å². The third-order valence-corrected chi connectivity index (χ3v) is 3.05. The third kappa shape index (κ3) is 3.95. The van der Waals surface area contributed by atoms with Gasteiger partial charge in [-0.05, 0) is 29.8 Å². The van der Waals surface area contributed by atoms with E-state index in [0.29, 0.717) is 24.3 Å². The average molecular weight is 356 g/mol. The molecule has 0 aliphatic rings. The highest BCUT2D eigenvalue weighted by atomic mass is 19.4. The number of hydrogen-bond donors (Lipinski definition) is 0. The van der Waals surface area contributed by atoms with E-state index in [4.69, 9.17) is 0 Å². The molecule has 0 bridgehead atoms. The van der Waals surface area contributed by atoms with Gasteiger partial charge in [-0.1, -0.05) is 18.2 Å². The molecule has 0 amide bonds. The van der Waals surface area contributed by atoms with Gasteiger partial charge in [0.1, 0.15) is 5.75 Å². The fourth-order valence-electron chi connectivity index (χ4n) is 2.08. The van der Waals surface area contributed by atoms with E-state index in [-0.39, 0.29) is 0 Å². The van der Waals surface area contributed by atoms with Crippen LogP contribution in [0.5, 0.6) is 5.75 Å². The second-order valence-electron chi connectivity index (χ2n) is 4.63. The van der Waals surface area contributed by atoms with Crippen molar-refractivity contribution in [3.8, 4) is 16.9 Å². The average Bonchev–Trinajstić information content (AvgIpc) is 2.45. The van der Waals surface area contributed by atoms with E-state index < -0.39 is 47.0 Å². The number of ether oxygens (including phenoxy) is 1. The fraction of sp³-hybridized carbons (Fsp3) is 0.200. The Labute approximate surface area is 130 Å². The number of rotatable bonds is 3. The highest BCUT2D eigenvalue weighted by Gasteiger charge is 2.36. The van der Waals surface area contributed by atoms with E-state index in [9.17, 15) is 35.1 Å². The van der Waals surface area contributed by atoms with Crippen molar-refractivity contribution in [2.24, 2.45) is 0 Å². The summed E-state index contributed by atoms with van der Waals surface area (Å²) < 4.78 is 106. The zero-order valence-electron chi connectivity index (χ0n) is 11.6. The molecule has 9 heteroatoms. The molecule has 0 radical (unpaired) electrons. The van der Waals surface area contributed by atoms with E-state index in [1.807, 2.05) is 0 Å². The summed E-state index contributed by atoms with van der Waals surface area (Å²) in [6, 6.07) is 5.08. The molecular formula is C15H8F8O. The molecule has 0 aromatic heterocycles. The van der Waals surface area contributed by atoms with Crippen LogP contribution in [-0.4, -0.2) is 6.61 Å². The topological polar surface area (TPSA) is 9.23 Å². The monoisotopic (exact) mass is 356 g/mol. The van der Waals surface area contributed by atoms with Crippen LogP contribution in [0.25, 0.3) is 11.1 Å². The van der Waals surface area contributed by atoms with Crippen molar-refractivity contribution in [1.29, 1.82) is 0 Å². The molecule has 0 saturated heterocycles. The van der Waals surface area contributed by atoms with Gasteiger partial charge in [0.15, 0.2) is 0 Å². The van der Waals surface area contributed by atoms with E-state index in [0.717, 1.165) is 18.2 Å². The number of benzene rings is 2. The minimum absolute atomic E-state index is 0.349. The Hall–Kier alpha value is -2.32. The molecule has 0 spiro atoms. The Kier molecular flexibility index (Phi) is 4.73. The van der Waals surface area contributed by atoms with Crippen molar-refractivity contribution in [2.75, 3.05) is 0 Å². The van der Waals surface area contributed by atoms with Crippen LogP contribution in [0.1, 0.15) is 11.1 Å². The standard InChI is InChI=1S/C15H8F8O/c16-13(17)24-12-6-5-8(14(18,19)20)7-10(12)9-3-1-2-4-11(9)15(21,22)23/h1-7,13H. The molecule has 2 aromatic rings. The summed E-state index contributed by atoms with van der Waals surface area (Å²) in [7, 11) is 0. The summed E-state index contributed by atoms with van der Waals surface area (Å²) >= 11 is 0. The van der Waals surface area contributed by atoms with Crippen LogP contribution >= 0.6 is 0 Å². The molecule has 0 N–H and O–H groups in total. The van der Waals surface area contributed by atoms with E-state index >= 15 is 0 Å². The van der Waals surface area contributed by atoms with E-state index in [1.165, 1.54) is 0 Å². The second-order valence-corrected chi connectivity index (χ2v) is 4.63. The Morgan fingerprint density at radius 2 is 1.38 bits per heavy atom. The Balaban J connectivity index is 2.72. The number of hydrogen-bond acceptors (Lipinski definition) is 1. The maximum absolute atomic E-state index is 13.1. The third-order valence-electron chi connectivity index (χ3n) is 3.05. The first kappa shape index (κ1) is 18.0. The molecule has 0 aliphatic carbocycles. The molecule has 0 atom stereocenters. The van der Waals surface area contributed by atoms with Gasteiger partial charge in [-0.15, -0.1) is 0 Å².